The van der Waals surface area contributed by atoms with Gasteiger partial charge in [-0.25, -0.2) is 8.42 Å². The average Bonchev–Trinajstić information content (AvgIpc) is 2.69. The average molecular weight is 407 g/mol. The molecule has 3 rings (SSSR count). The summed E-state index contributed by atoms with van der Waals surface area (Å²) in [5.74, 6) is -0.212. The number of carbonyl (C=O) groups is 1. The molecule has 0 aliphatic carbocycles. The molecule has 144 valence electrons. The van der Waals surface area contributed by atoms with E-state index in [4.69, 9.17) is 11.6 Å². The second kappa shape index (κ2) is 8.42. The molecule has 1 atom stereocenters. The molecule has 1 aliphatic heterocycles. The van der Waals surface area contributed by atoms with E-state index in [1.165, 1.54) is 4.31 Å². The van der Waals surface area contributed by atoms with Gasteiger partial charge in [0.2, 0.25) is 15.9 Å². The number of nitrogens with zero attached hydrogens (tertiary/aromatic N) is 1. The maximum atomic E-state index is 12.7. The zero-order valence-corrected chi connectivity index (χ0v) is 16.7. The lowest BCUT2D eigenvalue weighted by molar-refractivity contribution is -0.126. The smallest absolute Gasteiger partial charge is 0.243 e. The maximum Gasteiger partial charge on any atom is 0.243 e. The number of sulfonamides is 1. The molecule has 7 heteroatoms. The van der Waals surface area contributed by atoms with Crippen molar-refractivity contribution in [2.24, 2.45) is 5.92 Å². The molecule has 27 heavy (non-hydrogen) atoms. The third-order valence-corrected chi connectivity index (χ3v) is 7.10. The zero-order chi connectivity index (χ0) is 19.4. The fraction of sp³-hybridized carbons (Fsp3) is 0.350. The van der Waals surface area contributed by atoms with Gasteiger partial charge < -0.3 is 5.32 Å². The minimum absolute atomic E-state index is 0.0331. The van der Waals surface area contributed by atoms with Crippen molar-refractivity contribution in [3.8, 4) is 0 Å². The Morgan fingerprint density at radius 3 is 2.26 bits per heavy atom. The van der Waals surface area contributed by atoms with E-state index in [0.717, 1.165) is 5.56 Å². The quantitative estimate of drug-likeness (QED) is 0.824. The lowest BCUT2D eigenvalue weighted by atomic mass is 9.96. The Kier molecular flexibility index (Phi) is 6.19. The number of benzene rings is 2. The Morgan fingerprint density at radius 2 is 1.67 bits per heavy atom. The second-order valence-electron chi connectivity index (χ2n) is 6.77. The SMILES string of the molecule is C[C@H](NC(=O)C1CCN(S(=O)(=O)c2ccccc2)CC1)c1ccc(Cl)cc1. The molecule has 0 saturated carbocycles. The molecular formula is C20H23ClN2O3S. The van der Waals surface area contributed by atoms with E-state index in [1.54, 1.807) is 42.5 Å². The van der Waals surface area contributed by atoms with Crippen LogP contribution < -0.4 is 5.32 Å². The minimum Gasteiger partial charge on any atom is -0.349 e. The summed E-state index contributed by atoms with van der Waals surface area (Å²) in [6, 6.07) is 15.7. The van der Waals surface area contributed by atoms with Gasteiger partial charge in [0.1, 0.15) is 0 Å². The van der Waals surface area contributed by atoms with Crippen LogP contribution in [0.1, 0.15) is 31.4 Å². The summed E-state index contributed by atoms with van der Waals surface area (Å²) in [5.41, 5.74) is 0.983. The van der Waals surface area contributed by atoms with Gasteiger partial charge in [0.05, 0.1) is 10.9 Å². The Labute approximate surface area is 165 Å². The number of piperidine rings is 1. The van der Waals surface area contributed by atoms with Crippen LogP contribution in [-0.4, -0.2) is 31.7 Å². The van der Waals surface area contributed by atoms with Crippen LogP contribution in [0.15, 0.2) is 59.5 Å². The van der Waals surface area contributed by atoms with Crippen molar-refractivity contribution in [1.29, 1.82) is 0 Å². The van der Waals surface area contributed by atoms with E-state index in [2.05, 4.69) is 5.32 Å². The Balaban J connectivity index is 1.57. The molecule has 0 radical (unpaired) electrons. The Hall–Kier alpha value is -1.89. The summed E-state index contributed by atoms with van der Waals surface area (Å²) >= 11 is 5.90. The van der Waals surface area contributed by atoms with E-state index < -0.39 is 10.0 Å². The number of rotatable bonds is 5. The number of hydrogen-bond acceptors (Lipinski definition) is 3. The molecular weight excluding hydrogens is 384 g/mol. The lowest BCUT2D eigenvalue weighted by Gasteiger charge is -2.31. The highest BCUT2D eigenvalue weighted by atomic mass is 35.5. The molecule has 0 spiro atoms. The van der Waals surface area contributed by atoms with Gasteiger partial charge in [-0.2, -0.15) is 4.31 Å². The summed E-state index contributed by atoms with van der Waals surface area (Å²) in [6.07, 6.45) is 1.04. The van der Waals surface area contributed by atoms with E-state index in [1.807, 2.05) is 19.1 Å². The van der Waals surface area contributed by atoms with Gasteiger partial charge in [0.15, 0.2) is 0 Å². The maximum absolute atomic E-state index is 12.7. The highest BCUT2D eigenvalue weighted by Crippen LogP contribution is 2.25. The third kappa shape index (κ3) is 4.69. The highest BCUT2D eigenvalue weighted by molar-refractivity contribution is 7.89. The summed E-state index contributed by atoms with van der Waals surface area (Å²) in [7, 11) is -3.49. The molecule has 1 amide bonds. The molecule has 0 aromatic heterocycles. The predicted octanol–water partition coefficient (Wildman–Crippen LogP) is 3.62. The van der Waals surface area contributed by atoms with Crippen molar-refractivity contribution in [3.05, 3.63) is 65.2 Å². The van der Waals surface area contributed by atoms with Crippen LogP contribution in [0.25, 0.3) is 0 Å². The first-order valence-corrected chi connectivity index (χ1v) is 10.8. The molecule has 1 saturated heterocycles. The van der Waals surface area contributed by atoms with Crippen molar-refractivity contribution in [2.45, 2.75) is 30.7 Å². The molecule has 1 aliphatic rings. The molecule has 2 aromatic rings. The van der Waals surface area contributed by atoms with Gasteiger partial charge in [-0.3, -0.25) is 4.79 Å². The number of amides is 1. The number of nitrogens with one attached hydrogen (secondary N) is 1. The third-order valence-electron chi connectivity index (χ3n) is 4.93. The van der Waals surface area contributed by atoms with Crippen LogP contribution in [0, 0.1) is 5.92 Å². The Morgan fingerprint density at radius 1 is 1.07 bits per heavy atom. The highest BCUT2D eigenvalue weighted by Gasteiger charge is 2.32. The first-order chi connectivity index (χ1) is 12.9. The van der Waals surface area contributed by atoms with Crippen molar-refractivity contribution >= 4 is 27.5 Å². The number of carbonyl (C=O) groups excluding carboxylic acids is 1. The van der Waals surface area contributed by atoms with Gasteiger partial charge in [-0.05, 0) is 49.6 Å². The van der Waals surface area contributed by atoms with Crippen LogP contribution in [0.2, 0.25) is 5.02 Å². The number of hydrogen-bond donors (Lipinski definition) is 1. The van der Waals surface area contributed by atoms with Crippen molar-refractivity contribution < 1.29 is 13.2 Å². The molecule has 1 heterocycles. The first-order valence-electron chi connectivity index (χ1n) is 8.99. The van der Waals surface area contributed by atoms with E-state index in [0.29, 0.717) is 35.8 Å². The summed E-state index contributed by atoms with van der Waals surface area (Å²) in [5, 5.41) is 3.68. The van der Waals surface area contributed by atoms with E-state index >= 15 is 0 Å². The molecule has 0 bridgehead atoms. The fourth-order valence-electron chi connectivity index (χ4n) is 3.27. The van der Waals surface area contributed by atoms with Crippen molar-refractivity contribution in [1.82, 2.24) is 9.62 Å². The van der Waals surface area contributed by atoms with Gasteiger partial charge in [-0.1, -0.05) is 41.9 Å². The van der Waals surface area contributed by atoms with Crippen LogP contribution in [0.4, 0.5) is 0 Å². The predicted molar refractivity (Wildman–Crippen MR) is 106 cm³/mol. The standard InChI is InChI=1S/C20H23ClN2O3S/c1-15(16-7-9-18(21)10-8-16)22-20(24)17-11-13-23(14-12-17)27(25,26)19-5-3-2-4-6-19/h2-10,15,17H,11-14H2,1H3,(H,22,24)/t15-/m0/s1. The van der Waals surface area contributed by atoms with Gasteiger partial charge in [-0.15, -0.1) is 0 Å². The van der Waals surface area contributed by atoms with Gasteiger partial charge in [0.25, 0.3) is 0 Å². The Bertz CT molecular complexity index is 877. The molecule has 1 fully saturated rings. The van der Waals surface area contributed by atoms with Gasteiger partial charge >= 0.3 is 0 Å². The van der Waals surface area contributed by atoms with Gasteiger partial charge in [0, 0.05) is 24.0 Å². The van der Waals surface area contributed by atoms with Crippen molar-refractivity contribution in [2.75, 3.05) is 13.1 Å². The molecule has 5 nitrogen and oxygen atoms in total. The van der Waals surface area contributed by atoms with E-state index in [9.17, 15) is 13.2 Å². The largest absolute Gasteiger partial charge is 0.349 e. The minimum atomic E-state index is -3.49. The first kappa shape index (κ1) is 19.9. The summed E-state index contributed by atoms with van der Waals surface area (Å²) in [6.45, 7) is 2.63. The zero-order valence-electron chi connectivity index (χ0n) is 15.1. The van der Waals surface area contributed by atoms with Crippen LogP contribution in [-0.2, 0) is 14.8 Å². The molecule has 2 aromatic carbocycles. The lowest BCUT2D eigenvalue weighted by Crippen LogP contribution is -2.43. The summed E-state index contributed by atoms with van der Waals surface area (Å²) in [4.78, 5) is 12.9. The van der Waals surface area contributed by atoms with Crippen LogP contribution in [0.3, 0.4) is 0 Å². The normalized spacial score (nSPS) is 17.4. The van der Waals surface area contributed by atoms with Crippen LogP contribution in [0.5, 0.6) is 0 Å². The topological polar surface area (TPSA) is 66.5 Å². The number of halogens is 1. The molecule has 0 unspecified atom stereocenters. The second-order valence-corrected chi connectivity index (χ2v) is 9.15. The van der Waals surface area contributed by atoms with Crippen LogP contribution >= 0.6 is 11.6 Å². The summed E-state index contributed by atoms with van der Waals surface area (Å²) < 4.78 is 26.8. The van der Waals surface area contributed by atoms with Crippen molar-refractivity contribution in [3.63, 3.8) is 0 Å². The monoisotopic (exact) mass is 406 g/mol. The van der Waals surface area contributed by atoms with E-state index in [-0.39, 0.29) is 17.9 Å². The fourth-order valence-corrected chi connectivity index (χ4v) is 4.88. The molecule has 1 N–H and O–H groups in total.